The molecule has 0 saturated heterocycles. The Morgan fingerprint density at radius 1 is 1.25 bits per heavy atom. The fraction of sp³-hybridized carbons (Fsp3) is 0.533. The number of carbonyl (C=O) groups excluding carboxylic acids is 1. The van der Waals surface area contributed by atoms with E-state index in [1.54, 1.807) is 7.05 Å². The quantitative estimate of drug-likeness (QED) is 0.873. The standard InChI is InChI=1S/C15H21NO4/c1-16(9-12-7-13(17)14(18)8-12)15(19)20-10-11-5-3-2-4-6-11/h2-6,12-14,17-18H,7-10H2,1H3/t12-,13-,14+. The molecule has 5 heteroatoms. The summed E-state index contributed by atoms with van der Waals surface area (Å²) < 4.78 is 5.22. The summed E-state index contributed by atoms with van der Waals surface area (Å²) in [5.74, 6) is 0.120. The Morgan fingerprint density at radius 2 is 1.85 bits per heavy atom. The number of carbonyl (C=O) groups is 1. The van der Waals surface area contributed by atoms with Gasteiger partial charge in [0.2, 0.25) is 0 Å². The van der Waals surface area contributed by atoms with Crippen LogP contribution in [0.5, 0.6) is 0 Å². The molecule has 2 rings (SSSR count). The monoisotopic (exact) mass is 279 g/mol. The van der Waals surface area contributed by atoms with Crippen molar-refractivity contribution in [3.8, 4) is 0 Å². The van der Waals surface area contributed by atoms with Crippen LogP contribution in [0.1, 0.15) is 18.4 Å². The molecule has 1 aliphatic rings. The van der Waals surface area contributed by atoms with E-state index in [9.17, 15) is 15.0 Å². The number of rotatable bonds is 4. The maximum atomic E-state index is 11.8. The van der Waals surface area contributed by atoms with Crippen molar-refractivity contribution in [1.82, 2.24) is 4.90 Å². The van der Waals surface area contributed by atoms with E-state index < -0.39 is 12.2 Å². The van der Waals surface area contributed by atoms with Crippen LogP contribution < -0.4 is 0 Å². The Balaban J connectivity index is 1.75. The number of benzene rings is 1. The summed E-state index contributed by atoms with van der Waals surface area (Å²) in [7, 11) is 1.67. The van der Waals surface area contributed by atoms with Crippen LogP contribution in [-0.4, -0.2) is 47.0 Å². The van der Waals surface area contributed by atoms with Crippen LogP contribution in [0.2, 0.25) is 0 Å². The minimum Gasteiger partial charge on any atom is -0.445 e. The zero-order valence-electron chi connectivity index (χ0n) is 11.6. The maximum absolute atomic E-state index is 11.8. The Kier molecular flexibility index (Phi) is 4.98. The molecule has 0 aliphatic heterocycles. The van der Waals surface area contributed by atoms with E-state index in [1.807, 2.05) is 30.3 Å². The summed E-state index contributed by atoms with van der Waals surface area (Å²) in [6.45, 7) is 0.738. The van der Waals surface area contributed by atoms with E-state index in [-0.39, 0.29) is 18.6 Å². The first-order valence-corrected chi connectivity index (χ1v) is 6.84. The highest BCUT2D eigenvalue weighted by molar-refractivity contribution is 5.67. The van der Waals surface area contributed by atoms with Crippen LogP contribution >= 0.6 is 0 Å². The summed E-state index contributed by atoms with van der Waals surface area (Å²) >= 11 is 0. The molecule has 1 fully saturated rings. The maximum Gasteiger partial charge on any atom is 0.409 e. The van der Waals surface area contributed by atoms with Gasteiger partial charge in [0, 0.05) is 13.6 Å². The van der Waals surface area contributed by atoms with Gasteiger partial charge in [0.15, 0.2) is 0 Å². The van der Waals surface area contributed by atoms with Gasteiger partial charge >= 0.3 is 6.09 Å². The fourth-order valence-corrected chi connectivity index (χ4v) is 2.53. The molecule has 0 bridgehead atoms. The van der Waals surface area contributed by atoms with Crippen LogP contribution in [0.15, 0.2) is 30.3 Å². The van der Waals surface area contributed by atoms with Gasteiger partial charge in [-0.2, -0.15) is 0 Å². The lowest BCUT2D eigenvalue weighted by Crippen LogP contribution is -2.31. The largest absolute Gasteiger partial charge is 0.445 e. The van der Waals surface area contributed by atoms with Gasteiger partial charge in [-0.3, -0.25) is 0 Å². The molecule has 0 aromatic heterocycles. The van der Waals surface area contributed by atoms with Crippen molar-refractivity contribution in [3.05, 3.63) is 35.9 Å². The van der Waals surface area contributed by atoms with Gasteiger partial charge in [-0.15, -0.1) is 0 Å². The molecule has 1 saturated carbocycles. The average molecular weight is 279 g/mol. The second-order valence-electron chi connectivity index (χ2n) is 5.39. The Bertz CT molecular complexity index is 427. The first-order chi connectivity index (χ1) is 9.56. The molecule has 20 heavy (non-hydrogen) atoms. The van der Waals surface area contributed by atoms with Crippen molar-refractivity contribution in [2.24, 2.45) is 5.92 Å². The third-order valence-corrected chi connectivity index (χ3v) is 3.64. The zero-order valence-corrected chi connectivity index (χ0v) is 11.6. The van der Waals surface area contributed by atoms with Crippen LogP contribution in [0.25, 0.3) is 0 Å². The van der Waals surface area contributed by atoms with Crippen molar-refractivity contribution < 1.29 is 19.7 Å². The first kappa shape index (κ1) is 14.8. The fourth-order valence-electron chi connectivity index (χ4n) is 2.53. The zero-order chi connectivity index (χ0) is 14.5. The van der Waals surface area contributed by atoms with Crippen LogP contribution in [0.3, 0.4) is 0 Å². The topological polar surface area (TPSA) is 70.0 Å². The van der Waals surface area contributed by atoms with Crippen molar-refractivity contribution in [2.45, 2.75) is 31.7 Å². The lowest BCUT2D eigenvalue weighted by molar-refractivity contribution is 0.0438. The average Bonchev–Trinajstić information content (AvgIpc) is 2.75. The molecule has 5 nitrogen and oxygen atoms in total. The van der Waals surface area contributed by atoms with E-state index in [4.69, 9.17) is 4.74 Å². The molecule has 1 aromatic carbocycles. The lowest BCUT2D eigenvalue weighted by atomic mass is 10.1. The van der Waals surface area contributed by atoms with Crippen molar-refractivity contribution in [3.63, 3.8) is 0 Å². The number of hydrogen-bond donors (Lipinski definition) is 2. The van der Waals surface area contributed by atoms with Crippen molar-refractivity contribution in [1.29, 1.82) is 0 Å². The first-order valence-electron chi connectivity index (χ1n) is 6.84. The lowest BCUT2D eigenvalue weighted by Gasteiger charge is -2.20. The van der Waals surface area contributed by atoms with E-state index in [2.05, 4.69) is 0 Å². The van der Waals surface area contributed by atoms with E-state index in [0.29, 0.717) is 19.4 Å². The minimum absolute atomic E-state index is 0.120. The summed E-state index contributed by atoms with van der Waals surface area (Å²) in [5, 5.41) is 19.0. The summed E-state index contributed by atoms with van der Waals surface area (Å²) in [6, 6.07) is 9.50. The Morgan fingerprint density at radius 3 is 2.45 bits per heavy atom. The predicted molar refractivity (Wildman–Crippen MR) is 74.0 cm³/mol. The van der Waals surface area contributed by atoms with E-state index in [0.717, 1.165) is 5.56 Å². The number of amides is 1. The van der Waals surface area contributed by atoms with Gasteiger partial charge in [0.25, 0.3) is 0 Å². The molecule has 0 spiro atoms. The molecule has 2 N–H and O–H groups in total. The number of aliphatic hydroxyl groups is 2. The Labute approximate surface area is 118 Å². The van der Waals surface area contributed by atoms with Gasteiger partial charge < -0.3 is 19.8 Å². The summed E-state index contributed by atoms with van der Waals surface area (Å²) in [5.41, 5.74) is 0.945. The van der Waals surface area contributed by atoms with Gasteiger partial charge in [-0.25, -0.2) is 4.79 Å². The van der Waals surface area contributed by atoms with Gasteiger partial charge in [0.05, 0.1) is 12.2 Å². The highest BCUT2D eigenvalue weighted by Gasteiger charge is 2.32. The molecular formula is C15H21NO4. The molecule has 3 atom stereocenters. The second kappa shape index (κ2) is 6.72. The number of aliphatic hydroxyl groups excluding tert-OH is 2. The SMILES string of the molecule is CN(C[C@@H]1C[C@@H](O)[C@@H](O)C1)C(=O)OCc1ccccc1. The molecule has 1 amide bonds. The molecule has 110 valence electrons. The number of nitrogens with zero attached hydrogens (tertiary/aromatic N) is 1. The number of ether oxygens (including phenoxy) is 1. The smallest absolute Gasteiger partial charge is 0.409 e. The molecule has 0 radical (unpaired) electrons. The van der Waals surface area contributed by atoms with E-state index >= 15 is 0 Å². The van der Waals surface area contributed by atoms with Crippen molar-refractivity contribution >= 4 is 6.09 Å². The highest BCUT2D eigenvalue weighted by Crippen LogP contribution is 2.26. The third kappa shape index (κ3) is 3.95. The second-order valence-corrected chi connectivity index (χ2v) is 5.39. The molecule has 1 aromatic rings. The minimum atomic E-state index is -0.672. The molecule has 0 heterocycles. The Hall–Kier alpha value is -1.59. The van der Waals surface area contributed by atoms with E-state index in [1.165, 1.54) is 4.90 Å². The molecular weight excluding hydrogens is 258 g/mol. The van der Waals surface area contributed by atoms with Crippen LogP contribution in [-0.2, 0) is 11.3 Å². The van der Waals surface area contributed by atoms with Gasteiger partial charge in [-0.05, 0) is 24.3 Å². The third-order valence-electron chi connectivity index (χ3n) is 3.64. The van der Waals surface area contributed by atoms with Crippen molar-refractivity contribution in [2.75, 3.05) is 13.6 Å². The van der Waals surface area contributed by atoms with Gasteiger partial charge in [0.1, 0.15) is 6.61 Å². The normalized spacial score (nSPS) is 25.4. The van der Waals surface area contributed by atoms with Gasteiger partial charge in [-0.1, -0.05) is 30.3 Å². The summed E-state index contributed by atoms with van der Waals surface area (Å²) in [6.07, 6.45) is -0.679. The molecule has 1 aliphatic carbocycles. The predicted octanol–water partition coefficient (Wildman–Crippen LogP) is 1.39. The van der Waals surface area contributed by atoms with Crippen LogP contribution in [0.4, 0.5) is 4.79 Å². The summed E-state index contributed by atoms with van der Waals surface area (Å²) in [4.78, 5) is 13.3. The highest BCUT2D eigenvalue weighted by atomic mass is 16.6. The number of hydrogen-bond acceptors (Lipinski definition) is 4. The molecule has 0 unspecified atom stereocenters. The van der Waals surface area contributed by atoms with Crippen LogP contribution in [0, 0.1) is 5.92 Å².